The standard InChI is InChI=1S/C18H22FN3O/c1-14(2)11-22(12-15-4-3-5-17(19)8-15)18(23)7-6-16-9-20-13-21-10-16/h3-5,8-10,13-14H,6-7,11-12H2,1-2H3. The summed E-state index contributed by atoms with van der Waals surface area (Å²) in [4.78, 5) is 22.2. The Morgan fingerprint density at radius 1 is 1.22 bits per heavy atom. The van der Waals surface area contributed by atoms with E-state index in [2.05, 4.69) is 23.8 Å². The molecule has 0 bridgehead atoms. The molecule has 2 aromatic rings. The molecule has 0 atom stereocenters. The fourth-order valence-electron chi connectivity index (χ4n) is 2.42. The van der Waals surface area contributed by atoms with Crippen LogP contribution in [0.2, 0.25) is 0 Å². The molecule has 0 saturated carbocycles. The highest BCUT2D eigenvalue weighted by molar-refractivity contribution is 5.76. The van der Waals surface area contributed by atoms with Crippen molar-refractivity contribution >= 4 is 5.91 Å². The predicted octanol–water partition coefficient (Wildman–Crippen LogP) is 3.23. The molecule has 4 nitrogen and oxygen atoms in total. The monoisotopic (exact) mass is 315 g/mol. The zero-order chi connectivity index (χ0) is 16.7. The first-order chi connectivity index (χ1) is 11.0. The Balaban J connectivity index is 2.00. The number of nitrogens with zero attached hydrogens (tertiary/aromatic N) is 3. The summed E-state index contributed by atoms with van der Waals surface area (Å²) < 4.78 is 13.3. The van der Waals surface area contributed by atoms with Gasteiger partial charge in [0, 0.05) is 31.9 Å². The zero-order valence-electron chi connectivity index (χ0n) is 13.6. The summed E-state index contributed by atoms with van der Waals surface area (Å²) in [6, 6.07) is 6.40. The molecule has 0 aliphatic rings. The van der Waals surface area contributed by atoms with Gasteiger partial charge in [-0.25, -0.2) is 14.4 Å². The maximum atomic E-state index is 13.3. The Morgan fingerprint density at radius 3 is 2.61 bits per heavy atom. The van der Waals surface area contributed by atoms with E-state index in [1.165, 1.54) is 18.5 Å². The SMILES string of the molecule is CC(C)CN(Cc1cccc(F)c1)C(=O)CCc1cncnc1. The Labute approximate surface area is 136 Å². The normalized spacial score (nSPS) is 10.8. The van der Waals surface area contributed by atoms with Crippen molar-refractivity contribution in [3.05, 3.63) is 59.9 Å². The average Bonchev–Trinajstić information content (AvgIpc) is 2.52. The number of aryl methyl sites for hydroxylation is 1. The fraction of sp³-hybridized carbons (Fsp3) is 0.389. The number of halogens is 1. The molecule has 0 fully saturated rings. The number of carbonyl (C=O) groups is 1. The van der Waals surface area contributed by atoms with Crippen LogP contribution in [0.15, 0.2) is 43.0 Å². The zero-order valence-corrected chi connectivity index (χ0v) is 13.6. The molecule has 0 saturated heterocycles. The first-order valence-electron chi connectivity index (χ1n) is 7.80. The third-order valence-corrected chi connectivity index (χ3v) is 3.44. The number of aromatic nitrogens is 2. The first kappa shape index (κ1) is 17.1. The van der Waals surface area contributed by atoms with Crippen molar-refractivity contribution in [2.75, 3.05) is 6.54 Å². The third-order valence-electron chi connectivity index (χ3n) is 3.44. The molecular weight excluding hydrogens is 293 g/mol. The molecule has 122 valence electrons. The molecule has 1 amide bonds. The van der Waals surface area contributed by atoms with Crippen molar-refractivity contribution < 1.29 is 9.18 Å². The van der Waals surface area contributed by atoms with Crippen molar-refractivity contribution in [1.82, 2.24) is 14.9 Å². The van der Waals surface area contributed by atoms with Crippen LogP contribution in [0.1, 0.15) is 31.4 Å². The summed E-state index contributed by atoms with van der Waals surface area (Å²) in [5, 5.41) is 0. The molecule has 0 aliphatic carbocycles. The molecule has 0 radical (unpaired) electrons. The van der Waals surface area contributed by atoms with Crippen LogP contribution in [0, 0.1) is 11.7 Å². The third kappa shape index (κ3) is 5.77. The van der Waals surface area contributed by atoms with E-state index in [1.807, 2.05) is 6.07 Å². The van der Waals surface area contributed by atoms with Crippen LogP contribution < -0.4 is 0 Å². The number of hydrogen-bond acceptors (Lipinski definition) is 3. The van der Waals surface area contributed by atoms with Gasteiger partial charge in [0.25, 0.3) is 0 Å². The number of benzene rings is 1. The molecule has 1 heterocycles. The van der Waals surface area contributed by atoms with E-state index in [0.29, 0.717) is 31.8 Å². The molecule has 0 aliphatic heterocycles. The van der Waals surface area contributed by atoms with Gasteiger partial charge in [0.2, 0.25) is 5.91 Å². The van der Waals surface area contributed by atoms with E-state index in [9.17, 15) is 9.18 Å². The van der Waals surface area contributed by atoms with Crippen molar-refractivity contribution in [3.8, 4) is 0 Å². The van der Waals surface area contributed by atoms with Crippen LogP contribution in [-0.4, -0.2) is 27.3 Å². The van der Waals surface area contributed by atoms with Gasteiger partial charge in [0.15, 0.2) is 0 Å². The number of carbonyl (C=O) groups excluding carboxylic acids is 1. The van der Waals surface area contributed by atoms with E-state index < -0.39 is 0 Å². The summed E-state index contributed by atoms with van der Waals surface area (Å²) >= 11 is 0. The summed E-state index contributed by atoms with van der Waals surface area (Å²) in [7, 11) is 0. The lowest BCUT2D eigenvalue weighted by Gasteiger charge is -2.25. The molecule has 2 rings (SSSR count). The topological polar surface area (TPSA) is 46.1 Å². The summed E-state index contributed by atoms with van der Waals surface area (Å²) in [6.07, 6.45) is 5.92. The Bertz CT molecular complexity index is 631. The van der Waals surface area contributed by atoms with Crippen LogP contribution in [0.25, 0.3) is 0 Å². The molecular formula is C18H22FN3O. The van der Waals surface area contributed by atoms with Crippen LogP contribution in [0.3, 0.4) is 0 Å². The van der Waals surface area contributed by atoms with Gasteiger partial charge in [-0.05, 0) is 35.6 Å². The van der Waals surface area contributed by atoms with Crippen molar-refractivity contribution in [2.45, 2.75) is 33.2 Å². The van der Waals surface area contributed by atoms with Gasteiger partial charge < -0.3 is 4.90 Å². The second-order valence-electron chi connectivity index (χ2n) is 6.04. The maximum absolute atomic E-state index is 13.3. The van der Waals surface area contributed by atoms with E-state index in [4.69, 9.17) is 0 Å². The van der Waals surface area contributed by atoms with Crippen LogP contribution in [-0.2, 0) is 17.8 Å². The second kappa shape index (κ2) is 8.36. The Hall–Kier alpha value is -2.30. The van der Waals surface area contributed by atoms with Gasteiger partial charge in [-0.1, -0.05) is 26.0 Å². The molecule has 0 N–H and O–H groups in total. The Morgan fingerprint density at radius 2 is 1.96 bits per heavy atom. The van der Waals surface area contributed by atoms with Gasteiger partial charge in [-0.3, -0.25) is 4.79 Å². The maximum Gasteiger partial charge on any atom is 0.223 e. The lowest BCUT2D eigenvalue weighted by molar-refractivity contribution is -0.132. The van der Waals surface area contributed by atoms with E-state index in [-0.39, 0.29) is 11.7 Å². The van der Waals surface area contributed by atoms with Crippen LogP contribution >= 0.6 is 0 Å². The quantitative estimate of drug-likeness (QED) is 0.788. The van der Waals surface area contributed by atoms with Gasteiger partial charge >= 0.3 is 0 Å². The second-order valence-corrected chi connectivity index (χ2v) is 6.04. The fourth-order valence-corrected chi connectivity index (χ4v) is 2.42. The highest BCUT2D eigenvalue weighted by Crippen LogP contribution is 2.12. The average molecular weight is 315 g/mol. The summed E-state index contributed by atoms with van der Waals surface area (Å²) in [5.41, 5.74) is 1.75. The van der Waals surface area contributed by atoms with E-state index in [1.54, 1.807) is 23.4 Å². The molecule has 5 heteroatoms. The lowest BCUT2D eigenvalue weighted by Crippen LogP contribution is -2.34. The first-order valence-corrected chi connectivity index (χ1v) is 7.80. The Kier molecular flexibility index (Phi) is 6.20. The van der Waals surface area contributed by atoms with Gasteiger partial charge in [-0.2, -0.15) is 0 Å². The largest absolute Gasteiger partial charge is 0.338 e. The van der Waals surface area contributed by atoms with E-state index in [0.717, 1.165) is 11.1 Å². The predicted molar refractivity (Wildman–Crippen MR) is 87.0 cm³/mol. The lowest BCUT2D eigenvalue weighted by atomic mass is 10.1. The molecule has 23 heavy (non-hydrogen) atoms. The minimum absolute atomic E-state index is 0.0619. The van der Waals surface area contributed by atoms with Crippen molar-refractivity contribution in [2.24, 2.45) is 5.92 Å². The van der Waals surface area contributed by atoms with Crippen LogP contribution in [0.4, 0.5) is 4.39 Å². The minimum atomic E-state index is -0.277. The summed E-state index contributed by atoms with van der Waals surface area (Å²) in [6.45, 7) is 5.22. The molecule has 0 unspecified atom stereocenters. The smallest absolute Gasteiger partial charge is 0.223 e. The van der Waals surface area contributed by atoms with E-state index >= 15 is 0 Å². The minimum Gasteiger partial charge on any atom is -0.338 e. The molecule has 1 aromatic heterocycles. The highest BCUT2D eigenvalue weighted by atomic mass is 19.1. The number of rotatable bonds is 7. The van der Waals surface area contributed by atoms with Gasteiger partial charge in [0.1, 0.15) is 12.1 Å². The highest BCUT2D eigenvalue weighted by Gasteiger charge is 2.15. The number of hydrogen-bond donors (Lipinski definition) is 0. The van der Waals surface area contributed by atoms with Gasteiger partial charge in [0.05, 0.1) is 0 Å². The van der Waals surface area contributed by atoms with Crippen molar-refractivity contribution in [1.29, 1.82) is 0 Å². The molecule has 1 aromatic carbocycles. The van der Waals surface area contributed by atoms with Gasteiger partial charge in [-0.15, -0.1) is 0 Å². The summed E-state index contributed by atoms with van der Waals surface area (Å²) in [5.74, 6) is 0.139. The molecule has 0 spiro atoms. The number of amides is 1. The van der Waals surface area contributed by atoms with Crippen molar-refractivity contribution in [3.63, 3.8) is 0 Å². The van der Waals surface area contributed by atoms with Crippen LogP contribution in [0.5, 0.6) is 0 Å².